The van der Waals surface area contributed by atoms with Crippen LogP contribution in [0.25, 0.3) is 0 Å². The number of rotatable bonds is 4. The first kappa shape index (κ1) is 15.4. The summed E-state index contributed by atoms with van der Waals surface area (Å²) in [7, 11) is 0. The van der Waals surface area contributed by atoms with E-state index in [-0.39, 0.29) is 12.5 Å². The molecule has 0 spiro atoms. The van der Waals surface area contributed by atoms with Gasteiger partial charge in [-0.1, -0.05) is 0 Å². The molecule has 4 atom stereocenters. The van der Waals surface area contributed by atoms with Gasteiger partial charge >= 0.3 is 11.9 Å². The lowest BCUT2D eigenvalue weighted by Crippen LogP contribution is -2.39. The Kier molecular flexibility index (Phi) is 4.56. The first-order valence-electron chi connectivity index (χ1n) is 6.66. The van der Waals surface area contributed by atoms with Gasteiger partial charge in [0.1, 0.15) is 12.2 Å². The number of hydrogen-bond acceptors (Lipinski definition) is 7. The summed E-state index contributed by atoms with van der Waals surface area (Å²) in [6, 6.07) is 0. The number of carbonyl (C=O) groups is 2. The van der Waals surface area contributed by atoms with Crippen LogP contribution in [0.4, 0.5) is 0 Å². The van der Waals surface area contributed by atoms with E-state index in [1.54, 1.807) is 6.08 Å². The Morgan fingerprint density at radius 2 is 2.05 bits per heavy atom. The van der Waals surface area contributed by atoms with E-state index in [1.165, 1.54) is 13.8 Å². The molecule has 0 amide bonds. The van der Waals surface area contributed by atoms with Crippen molar-refractivity contribution in [1.29, 1.82) is 0 Å². The zero-order chi connectivity index (χ0) is 15.6. The maximum atomic E-state index is 11.2. The van der Waals surface area contributed by atoms with Crippen molar-refractivity contribution in [3.63, 3.8) is 0 Å². The fraction of sp³-hybridized carbons (Fsp3) is 0.692. The van der Waals surface area contributed by atoms with Gasteiger partial charge in [0.15, 0.2) is 6.10 Å². The molecule has 0 aromatic carbocycles. The Morgan fingerprint density at radius 3 is 2.62 bits per heavy atom. The second-order valence-electron chi connectivity index (χ2n) is 5.16. The number of nitro groups is 1. The molecule has 1 aliphatic heterocycles. The second-order valence-corrected chi connectivity index (χ2v) is 5.16. The molecular weight excluding hydrogens is 282 g/mol. The highest BCUT2D eigenvalue weighted by atomic mass is 16.6. The molecule has 0 saturated carbocycles. The minimum absolute atomic E-state index is 0.0499. The fourth-order valence-electron chi connectivity index (χ4n) is 2.77. The van der Waals surface area contributed by atoms with Crippen LogP contribution in [0.2, 0.25) is 0 Å². The third-order valence-corrected chi connectivity index (χ3v) is 3.52. The number of ether oxygens (including phenoxy) is 3. The van der Waals surface area contributed by atoms with Crippen LogP contribution in [0.3, 0.4) is 0 Å². The molecule has 1 saturated heterocycles. The molecule has 0 aromatic rings. The second kappa shape index (κ2) is 6.21. The van der Waals surface area contributed by atoms with Crippen LogP contribution in [-0.2, 0) is 23.8 Å². The number of esters is 2. The summed E-state index contributed by atoms with van der Waals surface area (Å²) in [6.07, 6.45) is 0.134. The average molecular weight is 299 g/mol. The molecule has 2 aliphatic rings. The van der Waals surface area contributed by atoms with Gasteiger partial charge in [-0.25, -0.2) is 0 Å². The quantitative estimate of drug-likeness (QED) is 0.321. The van der Waals surface area contributed by atoms with Crippen LogP contribution < -0.4 is 0 Å². The average Bonchev–Trinajstić information content (AvgIpc) is 2.70. The van der Waals surface area contributed by atoms with Gasteiger partial charge in [0.25, 0.3) is 0 Å². The lowest BCUT2D eigenvalue weighted by atomic mass is 9.84. The summed E-state index contributed by atoms with van der Waals surface area (Å²) in [6.45, 7) is 2.56. The zero-order valence-electron chi connectivity index (χ0n) is 11.8. The van der Waals surface area contributed by atoms with Crippen molar-refractivity contribution in [2.75, 3.05) is 13.2 Å². The molecule has 2 rings (SSSR count). The first-order valence-corrected chi connectivity index (χ1v) is 6.66. The van der Waals surface area contributed by atoms with Crippen LogP contribution >= 0.6 is 0 Å². The molecule has 8 nitrogen and oxygen atoms in total. The molecule has 21 heavy (non-hydrogen) atoms. The number of fused-ring (bicyclic) bond motifs is 1. The van der Waals surface area contributed by atoms with E-state index in [9.17, 15) is 19.7 Å². The van der Waals surface area contributed by atoms with E-state index >= 15 is 0 Å². The minimum atomic E-state index is -0.728. The van der Waals surface area contributed by atoms with Crippen molar-refractivity contribution < 1.29 is 28.7 Å². The van der Waals surface area contributed by atoms with E-state index in [0.29, 0.717) is 13.0 Å². The van der Waals surface area contributed by atoms with Crippen molar-refractivity contribution in [1.82, 2.24) is 0 Å². The lowest BCUT2D eigenvalue weighted by Gasteiger charge is -2.31. The number of nitrogens with zero attached hydrogens (tertiary/aromatic N) is 1. The Morgan fingerprint density at radius 1 is 1.38 bits per heavy atom. The van der Waals surface area contributed by atoms with Gasteiger partial charge in [-0.15, -0.1) is 0 Å². The van der Waals surface area contributed by atoms with E-state index in [2.05, 4.69) is 0 Å². The molecular formula is C13H17NO7. The third kappa shape index (κ3) is 3.78. The predicted molar refractivity (Wildman–Crippen MR) is 68.9 cm³/mol. The van der Waals surface area contributed by atoms with Crippen molar-refractivity contribution in [2.45, 2.75) is 38.6 Å². The molecule has 0 aromatic heterocycles. The minimum Gasteiger partial charge on any atom is -0.458 e. The predicted octanol–water partition coefficient (Wildman–Crippen LogP) is 0.472. The number of hydrogen-bond donors (Lipinski definition) is 0. The maximum absolute atomic E-state index is 11.2. The maximum Gasteiger partial charge on any atom is 0.303 e. The third-order valence-electron chi connectivity index (χ3n) is 3.52. The van der Waals surface area contributed by atoms with E-state index in [0.717, 1.165) is 5.57 Å². The van der Waals surface area contributed by atoms with Crippen LogP contribution in [0.5, 0.6) is 0 Å². The summed E-state index contributed by atoms with van der Waals surface area (Å²) in [5.41, 5.74) is 0.751. The molecule has 116 valence electrons. The van der Waals surface area contributed by atoms with Gasteiger partial charge in [0.2, 0.25) is 6.54 Å². The Labute approximate surface area is 121 Å². The molecule has 8 heteroatoms. The largest absolute Gasteiger partial charge is 0.458 e. The van der Waals surface area contributed by atoms with Crippen LogP contribution in [0.1, 0.15) is 20.3 Å². The monoisotopic (exact) mass is 299 g/mol. The van der Waals surface area contributed by atoms with Crippen LogP contribution in [-0.4, -0.2) is 48.3 Å². The van der Waals surface area contributed by atoms with Gasteiger partial charge < -0.3 is 14.2 Å². The Bertz CT molecular complexity index is 487. The normalized spacial score (nSPS) is 31.0. The van der Waals surface area contributed by atoms with Crippen molar-refractivity contribution in [2.24, 2.45) is 5.92 Å². The molecule has 0 radical (unpaired) electrons. The van der Waals surface area contributed by atoms with E-state index < -0.39 is 35.2 Å². The Hall–Kier alpha value is -1.96. The molecule has 0 bridgehead atoms. The smallest absolute Gasteiger partial charge is 0.303 e. The topological polar surface area (TPSA) is 105 Å². The van der Waals surface area contributed by atoms with Crippen molar-refractivity contribution in [3.8, 4) is 0 Å². The van der Waals surface area contributed by atoms with E-state index in [1.807, 2.05) is 0 Å². The highest BCUT2D eigenvalue weighted by Gasteiger charge is 2.43. The van der Waals surface area contributed by atoms with E-state index in [4.69, 9.17) is 14.2 Å². The highest BCUT2D eigenvalue weighted by Crippen LogP contribution is 2.37. The standard InChI is InChI=1S/C13H17NO7/c1-7(15)20-11-3-9-6-19-13(5-14(17)18)10(9)4-12(11)21-8(2)16/h4,9,11-13H,3,5-6H2,1-2H3/t9-,11-,12-,13-/m1/s1. The van der Waals surface area contributed by atoms with Crippen LogP contribution in [0, 0.1) is 16.0 Å². The highest BCUT2D eigenvalue weighted by molar-refractivity contribution is 5.67. The van der Waals surface area contributed by atoms with Crippen LogP contribution in [0.15, 0.2) is 11.6 Å². The summed E-state index contributed by atoms with van der Waals surface area (Å²) >= 11 is 0. The van der Waals surface area contributed by atoms with Gasteiger partial charge in [-0.05, 0) is 18.1 Å². The first-order chi connectivity index (χ1) is 9.86. The molecule has 1 heterocycles. The van der Waals surface area contributed by atoms with Crippen molar-refractivity contribution in [3.05, 3.63) is 21.8 Å². The molecule has 0 unspecified atom stereocenters. The molecule has 1 aliphatic carbocycles. The SMILES string of the molecule is CC(=O)O[C@@H]1C=C2[C@@H](CO[C@@H]2C[N+](=O)[O-])C[C@H]1OC(C)=O. The molecule has 0 N–H and O–H groups in total. The zero-order valence-corrected chi connectivity index (χ0v) is 11.8. The summed E-state index contributed by atoms with van der Waals surface area (Å²) in [4.78, 5) is 32.5. The van der Waals surface area contributed by atoms with Crippen molar-refractivity contribution >= 4 is 11.9 Å². The fourth-order valence-corrected chi connectivity index (χ4v) is 2.77. The van der Waals surface area contributed by atoms with Gasteiger partial charge in [0.05, 0.1) is 6.61 Å². The summed E-state index contributed by atoms with van der Waals surface area (Å²) in [5.74, 6) is -1.02. The van der Waals surface area contributed by atoms with Gasteiger partial charge in [-0.2, -0.15) is 0 Å². The number of carbonyl (C=O) groups excluding carboxylic acids is 2. The van der Waals surface area contributed by atoms with Gasteiger partial charge in [-0.3, -0.25) is 19.7 Å². The summed E-state index contributed by atoms with van der Waals surface area (Å²) in [5, 5.41) is 10.6. The molecule has 1 fully saturated rings. The Balaban J connectivity index is 2.19. The van der Waals surface area contributed by atoms with Gasteiger partial charge in [0, 0.05) is 24.7 Å². The lowest BCUT2D eigenvalue weighted by molar-refractivity contribution is -0.488. The summed E-state index contributed by atoms with van der Waals surface area (Å²) < 4.78 is 15.8.